The minimum atomic E-state index is -4.45. The van der Waals surface area contributed by atoms with Gasteiger partial charge in [0, 0.05) is 36.2 Å². The van der Waals surface area contributed by atoms with E-state index in [2.05, 4.69) is 20.3 Å². The van der Waals surface area contributed by atoms with Crippen molar-refractivity contribution in [2.45, 2.75) is 50.4 Å². The number of carbonyl (C=O) groups is 1. The fourth-order valence-electron chi connectivity index (χ4n) is 3.58. The molecule has 4 rings (SSSR count). The first kappa shape index (κ1) is 17.7. The van der Waals surface area contributed by atoms with E-state index in [1.165, 1.54) is 0 Å². The number of nitrogens with zero attached hydrogens (tertiary/aromatic N) is 4. The summed E-state index contributed by atoms with van der Waals surface area (Å²) in [6.07, 6.45) is 0.0507. The Hall–Kier alpha value is -2.71. The van der Waals surface area contributed by atoms with E-state index in [-0.39, 0.29) is 23.9 Å². The number of pyridine rings is 1. The van der Waals surface area contributed by atoms with Crippen molar-refractivity contribution in [3.8, 4) is 0 Å². The van der Waals surface area contributed by atoms with Crippen LogP contribution in [0.15, 0.2) is 30.7 Å². The SMILES string of the molecule is CC1(C)C(=O)N([C@H]2C[C@H](Nc3ncc(C(F)(F)F)cn3)C2)c2ncccc21. The summed E-state index contributed by atoms with van der Waals surface area (Å²) in [6.45, 7) is 3.78. The lowest BCUT2D eigenvalue weighted by Gasteiger charge is -2.41. The molecule has 0 atom stereocenters. The van der Waals surface area contributed by atoms with Crippen LogP contribution in [-0.2, 0) is 16.4 Å². The van der Waals surface area contributed by atoms with Crippen LogP contribution in [0.4, 0.5) is 24.9 Å². The molecule has 1 N–H and O–H groups in total. The molecule has 6 nitrogen and oxygen atoms in total. The Morgan fingerprint density at radius 2 is 1.85 bits per heavy atom. The Kier molecular flexibility index (Phi) is 3.87. The van der Waals surface area contributed by atoms with E-state index in [0.29, 0.717) is 18.7 Å². The fourth-order valence-corrected chi connectivity index (χ4v) is 3.58. The van der Waals surface area contributed by atoms with Crippen molar-refractivity contribution in [2.24, 2.45) is 0 Å². The summed E-state index contributed by atoms with van der Waals surface area (Å²) in [5, 5.41) is 3.02. The molecule has 0 bridgehead atoms. The predicted molar refractivity (Wildman–Crippen MR) is 92.2 cm³/mol. The van der Waals surface area contributed by atoms with Crippen LogP contribution in [0.1, 0.15) is 37.8 Å². The predicted octanol–water partition coefficient (Wildman–Crippen LogP) is 3.16. The van der Waals surface area contributed by atoms with Gasteiger partial charge in [-0.3, -0.25) is 9.69 Å². The number of fused-ring (bicyclic) bond motifs is 1. The molecule has 1 fully saturated rings. The molecule has 142 valence electrons. The number of nitrogens with one attached hydrogen (secondary N) is 1. The second-order valence-electron chi connectivity index (χ2n) is 7.43. The third-order valence-electron chi connectivity index (χ3n) is 5.23. The number of hydrogen-bond donors (Lipinski definition) is 1. The highest BCUT2D eigenvalue weighted by molar-refractivity contribution is 6.07. The lowest BCUT2D eigenvalue weighted by Crippen LogP contribution is -2.53. The molecule has 2 aromatic heterocycles. The minimum Gasteiger partial charge on any atom is -0.351 e. The first-order valence-electron chi connectivity index (χ1n) is 8.63. The standard InChI is InChI=1S/C18H18F3N5O/c1-17(2)13-4-3-5-22-14(13)26(15(17)27)12-6-11(7-12)25-16-23-8-10(9-24-16)18(19,20)21/h3-5,8-9,11-12H,6-7H2,1-2H3,(H,23,24,25)/t11-,12-. The number of hydrogen-bond acceptors (Lipinski definition) is 5. The van der Waals surface area contributed by atoms with Gasteiger partial charge in [-0.05, 0) is 32.8 Å². The first-order chi connectivity index (χ1) is 12.7. The quantitative estimate of drug-likeness (QED) is 0.890. The maximum absolute atomic E-state index is 12.8. The van der Waals surface area contributed by atoms with Gasteiger partial charge in [0.2, 0.25) is 11.9 Å². The van der Waals surface area contributed by atoms with Crippen LogP contribution in [0, 0.1) is 0 Å². The van der Waals surface area contributed by atoms with Crippen molar-refractivity contribution in [1.82, 2.24) is 15.0 Å². The average Bonchev–Trinajstić information content (AvgIpc) is 2.78. The summed E-state index contributed by atoms with van der Waals surface area (Å²) >= 11 is 0. The van der Waals surface area contributed by atoms with Gasteiger partial charge in [0.15, 0.2) is 0 Å². The zero-order valence-corrected chi connectivity index (χ0v) is 14.8. The van der Waals surface area contributed by atoms with Gasteiger partial charge in [-0.25, -0.2) is 15.0 Å². The van der Waals surface area contributed by atoms with Gasteiger partial charge >= 0.3 is 6.18 Å². The van der Waals surface area contributed by atoms with Crippen LogP contribution < -0.4 is 10.2 Å². The Bertz CT molecular complexity index is 875. The molecule has 1 saturated carbocycles. The summed E-state index contributed by atoms with van der Waals surface area (Å²) in [5.41, 5.74) is -0.580. The molecular formula is C18H18F3N5O. The third kappa shape index (κ3) is 2.90. The van der Waals surface area contributed by atoms with Gasteiger partial charge in [-0.15, -0.1) is 0 Å². The van der Waals surface area contributed by atoms with Gasteiger partial charge in [-0.2, -0.15) is 13.2 Å². The maximum atomic E-state index is 12.8. The molecule has 1 amide bonds. The minimum absolute atomic E-state index is 0.000117. The maximum Gasteiger partial charge on any atom is 0.419 e. The van der Waals surface area contributed by atoms with Crippen LogP contribution in [0.3, 0.4) is 0 Å². The molecule has 1 aliphatic heterocycles. The van der Waals surface area contributed by atoms with Gasteiger partial charge in [0.25, 0.3) is 0 Å². The van der Waals surface area contributed by atoms with Crippen LogP contribution >= 0.6 is 0 Å². The van der Waals surface area contributed by atoms with Crippen molar-refractivity contribution >= 4 is 17.7 Å². The van der Waals surface area contributed by atoms with Crippen LogP contribution in [0.2, 0.25) is 0 Å². The van der Waals surface area contributed by atoms with E-state index < -0.39 is 17.2 Å². The molecular weight excluding hydrogens is 359 g/mol. The molecule has 2 aliphatic rings. The Morgan fingerprint density at radius 3 is 2.48 bits per heavy atom. The van der Waals surface area contributed by atoms with Crippen LogP contribution in [0.5, 0.6) is 0 Å². The van der Waals surface area contributed by atoms with Gasteiger partial charge < -0.3 is 5.32 Å². The molecule has 0 radical (unpaired) electrons. The van der Waals surface area contributed by atoms with Crippen molar-refractivity contribution in [1.29, 1.82) is 0 Å². The largest absolute Gasteiger partial charge is 0.419 e. The van der Waals surface area contributed by atoms with Crippen molar-refractivity contribution in [2.75, 3.05) is 10.2 Å². The van der Waals surface area contributed by atoms with E-state index in [0.717, 1.165) is 18.0 Å². The third-order valence-corrected chi connectivity index (χ3v) is 5.23. The zero-order valence-electron chi connectivity index (χ0n) is 14.8. The zero-order chi connectivity index (χ0) is 19.4. The van der Waals surface area contributed by atoms with Crippen molar-refractivity contribution < 1.29 is 18.0 Å². The second-order valence-corrected chi connectivity index (χ2v) is 7.43. The van der Waals surface area contributed by atoms with Gasteiger partial charge in [-0.1, -0.05) is 6.07 Å². The highest BCUT2D eigenvalue weighted by atomic mass is 19.4. The lowest BCUT2D eigenvalue weighted by molar-refractivity contribution is -0.138. The average molecular weight is 377 g/mol. The number of halogens is 3. The lowest BCUT2D eigenvalue weighted by atomic mass is 9.84. The van der Waals surface area contributed by atoms with Crippen molar-refractivity contribution in [3.63, 3.8) is 0 Å². The summed E-state index contributed by atoms with van der Waals surface area (Å²) in [5.74, 6) is 0.866. The Morgan fingerprint density at radius 1 is 1.19 bits per heavy atom. The molecule has 27 heavy (non-hydrogen) atoms. The number of amides is 1. The summed E-state index contributed by atoms with van der Waals surface area (Å²) < 4.78 is 37.7. The number of aromatic nitrogens is 3. The number of alkyl halides is 3. The van der Waals surface area contributed by atoms with Gasteiger partial charge in [0.05, 0.1) is 11.0 Å². The molecule has 2 aromatic rings. The number of anilines is 2. The smallest absolute Gasteiger partial charge is 0.351 e. The summed E-state index contributed by atoms with van der Waals surface area (Å²) in [7, 11) is 0. The Balaban J connectivity index is 1.42. The topological polar surface area (TPSA) is 71.0 Å². The van der Waals surface area contributed by atoms with E-state index in [1.807, 2.05) is 26.0 Å². The molecule has 9 heteroatoms. The molecule has 3 heterocycles. The number of rotatable bonds is 3. The monoisotopic (exact) mass is 377 g/mol. The van der Waals surface area contributed by atoms with E-state index in [4.69, 9.17) is 0 Å². The summed E-state index contributed by atoms with van der Waals surface area (Å²) in [4.78, 5) is 26.4. The highest BCUT2D eigenvalue weighted by Gasteiger charge is 2.50. The van der Waals surface area contributed by atoms with Crippen molar-refractivity contribution in [3.05, 3.63) is 41.9 Å². The second kappa shape index (κ2) is 5.90. The molecule has 0 aromatic carbocycles. The van der Waals surface area contributed by atoms with Crippen LogP contribution in [0.25, 0.3) is 0 Å². The molecule has 0 spiro atoms. The molecule has 0 saturated heterocycles. The number of carbonyl (C=O) groups excluding carboxylic acids is 1. The normalized spacial score (nSPS) is 23.7. The molecule has 1 aliphatic carbocycles. The van der Waals surface area contributed by atoms with Crippen LogP contribution in [-0.4, -0.2) is 32.9 Å². The van der Waals surface area contributed by atoms with E-state index >= 15 is 0 Å². The summed E-state index contributed by atoms with van der Waals surface area (Å²) in [6, 6.07) is 3.74. The van der Waals surface area contributed by atoms with Gasteiger partial charge in [0.1, 0.15) is 5.82 Å². The van der Waals surface area contributed by atoms with E-state index in [9.17, 15) is 18.0 Å². The Labute approximate surface area is 153 Å². The highest BCUT2D eigenvalue weighted by Crippen LogP contribution is 2.44. The fraction of sp³-hybridized carbons (Fsp3) is 0.444. The first-order valence-corrected chi connectivity index (χ1v) is 8.63. The van der Waals surface area contributed by atoms with E-state index in [1.54, 1.807) is 11.1 Å². The molecule has 0 unspecified atom stereocenters.